The molecule has 1 aliphatic rings. The van der Waals surface area contributed by atoms with E-state index in [1.165, 1.54) is 12.4 Å². The number of nitrogens with one attached hydrogen (secondary N) is 1. The number of nitrogens with zero attached hydrogens (tertiary/aromatic N) is 2. The largest absolute Gasteiger partial charge is 0.346 e. The Hall–Kier alpha value is -3.52. The van der Waals surface area contributed by atoms with Crippen LogP contribution in [0.3, 0.4) is 0 Å². The van der Waals surface area contributed by atoms with Crippen LogP contribution in [0.4, 0.5) is 0 Å². The van der Waals surface area contributed by atoms with Crippen LogP contribution in [0.1, 0.15) is 75.2 Å². The SMILES string of the molecule is CC(C)[C@H](CC(=O)[C@H](C)NC(=O)[C@@H](CC(=O)c1ccncc1)Cc1ccccc1)C(=O)C(=O)CCC1CCN(C)CC1. The molecule has 3 atom stereocenters. The van der Waals surface area contributed by atoms with Crippen LogP contribution >= 0.6 is 0 Å². The molecule has 0 spiro atoms. The van der Waals surface area contributed by atoms with Gasteiger partial charge in [0.15, 0.2) is 17.3 Å². The number of benzene rings is 1. The zero-order valence-corrected chi connectivity index (χ0v) is 25.4. The molecule has 3 rings (SSSR count). The number of carbonyl (C=O) groups is 5. The van der Waals surface area contributed by atoms with Gasteiger partial charge in [-0.2, -0.15) is 0 Å². The van der Waals surface area contributed by atoms with E-state index in [-0.39, 0.29) is 36.7 Å². The highest BCUT2D eigenvalue weighted by molar-refractivity contribution is 6.38. The molecule has 1 aromatic heterocycles. The summed E-state index contributed by atoms with van der Waals surface area (Å²) in [5.74, 6) is -2.95. The Bertz CT molecular complexity index is 1210. The molecule has 1 N–H and O–H groups in total. The number of likely N-dealkylation sites (tertiary alicyclic amines) is 1. The van der Waals surface area contributed by atoms with Crippen molar-refractivity contribution in [2.75, 3.05) is 20.1 Å². The van der Waals surface area contributed by atoms with Gasteiger partial charge in [0.1, 0.15) is 0 Å². The minimum Gasteiger partial charge on any atom is -0.346 e. The van der Waals surface area contributed by atoms with Gasteiger partial charge in [-0.25, -0.2) is 0 Å². The van der Waals surface area contributed by atoms with Crippen molar-refractivity contribution >= 4 is 29.0 Å². The Morgan fingerprint density at radius 2 is 1.57 bits per heavy atom. The zero-order valence-electron chi connectivity index (χ0n) is 25.4. The third kappa shape index (κ3) is 10.1. The number of rotatable bonds is 16. The summed E-state index contributed by atoms with van der Waals surface area (Å²) in [4.78, 5) is 71.7. The highest BCUT2D eigenvalue weighted by Crippen LogP contribution is 2.24. The monoisotopic (exact) mass is 575 g/mol. The van der Waals surface area contributed by atoms with Crippen LogP contribution in [-0.4, -0.2) is 65.1 Å². The summed E-state index contributed by atoms with van der Waals surface area (Å²) in [6.07, 6.45) is 6.24. The van der Waals surface area contributed by atoms with E-state index in [1.807, 2.05) is 44.2 Å². The first-order valence-corrected chi connectivity index (χ1v) is 15.1. The summed E-state index contributed by atoms with van der Waals surface area (Å²) in [6, 6.07) is 11.8. The summed E-state index contributed by atoms with van der Waals surface area (Å²) in [7, 11) is 2.09. The first kappa shape index (κ1) is 33.0. The second-order valence-corrected chi connectivity index (χ2v) is 12.1. The third-order valence-corrected chi connectivity index (χ3v) is 8.43. The van der Waals surface area contributed by atoms with Gasteiger partial charge in [-0.1, -0.05) is 44.2 Å². The fraction of sp³-hybridized carbons (Fsp3) is 0.529. The summed E-state index contributed by atoms with van der Waals surface area (Å²) < 4.78 is 0. The van der Waals surface area contributed by atoms with Crippen molar-refractivity contribution in [3.8, 4) is 0 Å². The van der Waals surface area contributed by atoms with Crippen LogP contribution in [0.25, 0.3) is 0 Å². The molecule has 8 heteroatoms. The first-order chi connectivity index (χ1) is 20.0. The molecule has 0 aliphatic carbocycles. The van der Waals surface area contributed by atoms with Gasteiger partial charge in [0.2, 0.25) is 11.7 Å². The molecule has 2 aromatic rings. The van der Waals surface area contributed by atoms with Crippen molar-refractivity contribution in [2.45, 2.75) is 71.8 Å². The molecule has 226 valence electrons. The molecule has 1 aromatic carbocycles. The van der Waals surface area contributed by atoms with Gasteiger partial charge in [-0.15, -0.1) is 0 Å². The van der Waals surface area contributed by atoms with Crippen molar-refractivity contribution in [3.63, 3.8) is 0 Å². The van der Waals surface area contributed by atoms with Gasteiger partial charge in [0.05, 0.1) is 6.04 Å². The van der Waals surface area contributed by atoms with Gasteiger partial charge >= 0.3 is 0 Å². The number of ketones is 4. The number of hydrogen-bond acceptors (Lipinski definition) is 7. The molecule has 8 nitrogen and oxygen atoms in total. The Morgan fingerprint density at radius 1 is 0.929 bits per heavy atom. The minimum atomic E-state index is -0.866. The topological polar surface area (TPSA) is 114 Å². The number of amides is 1. The normalized spacial score (nSPS) is 16.4. The zero-order chi connectivity index (χ0) is 30.6. The van der Waals surface area contributed by atoms with Crippen LogP contribution in [0.15, 0.2) is 54.9 Å². The lowest BCUT2D eigenvalue weighted by Crippen LogP contribution is -2.44. The van der Waals surface area contributed by atoms with Gasteiger partial charge in [0, 0.05) is 49.1 Å². The maximum absolute atomic E-state index is 13.4. The van der Waals surface area contributed by atoms with E-state index >= 15 is 0 Å². The van der Waals surface area contributed by atoms with Gasteiger partial charge in [-0.3, -0.25) is 29.0 Å². The molecule has 1 fully saturated rings. The second-order valence-electron chi connectivity index (χ2n) is 12.1. The Kier molecular flexibility index (Phi) is 12.7. The number of hydrogen-bond donors (Lipinski definition) is 1. The maximum Gasteiger partial charge on any atom is 0.224 e. The summed E-state index contributed by atoms with van der Waals surface area (Å²) in [5, 5.41) is 2.79. The van der Waals surface area contributed by atoms with Gasteiger partial charge in [-0.05, 0) is 82.3 Å². The molecule has 42 heavy (non-hydrogen) atoms. The predicted molar refractivity (Wildman–Crippen MR) is 162 cm³/mol. The molecule has 0 bridgehead atoms. The van der Waals surface area contributed by atoms with Gasteiger partial charge in [0.25, 0.3) is 0 Å². The van der Waals surface area contributed by atoms with E-state index < -0.39 is 35.4 Å². The lowest BCUT2D eigenvalue weighted by molar-refractivity contribution is -0.141. The highest BCUT2D eigenvalue weighted by Gasteiger charge is 2.33. The van der Waals surface area contributed by atoms with Gasteiger partial charge < -0.3 is 10.2 Å². The standard InChI is InChI=1S/C34H45N3O5/c1-23(2)29(33(41)30(38)11-10-25-14-18-37(4)19-15-25)22-31(39)24(3)36-34(42)28(20-26-8-6-5-7-9-26)21-32(40)27-12-16-35-17-13-27/h5-9,12-13,16-17,23-25,28-29H,10-11,14-15,18-22H2,1-4H3,(H,36,42)/t24-,28+,29-/m0/s1. The fourth-order valence-corrected chi connectivity index (χ4v) is 5.49. The number of aromatic nitrogens is 1. The molecule has 0 saturated carbocycles. The van der Waals surface area contributed by atoms with Crippen LogP contribution in [0.2, 0.25) is 0 Å². The van der Waals surface area contributed by atoms with E-state index in [2.05, 4.69) is 22.2 Å². The molecule has 1 amide bonds. The summed E-state index contributed by atoms with van der Waals surface area (Å²) >= 11 is 0. The molecule has 0 unspecified atom stereocenters. The van der Waals surface area contributed by atoms with Crippen molar-refractivity contribution in [2.24, 2.45) is 23.7 Å². The van der Waals surface area contributed by atoms with Crippen LogP contribution < -0.4 is 5.32 Å². The average molecular weight is 576 g/mol. The molecule has 2 heterocycles. The van der Waals surface area contributed by atoms with E-state index in [1.54, 1.807) is 19.1 Å². The Balaban J connectivity index is 1.60. The quantitative estimate of drug-likeness (QED) is 0.231. The number of carbonyl (C=O) groups excluding carboxylic acids is 5. The first-order valence-electron chi connectivity index (χ1n) is 15.1. The van der Waals surface area contributed by atoms with Crippen molar-refractivity contribution in [1.29, 1.82) is 0 Å². The Labute approximate surface area is 249 Å². The lowest BCUT2D eigenvalue weighted by Gasteiger charge is -2.28. The lowest BCUT2D eigenvalue weighted by atomic mass is 9.82. The molecule has 0 radical (unpaired) electrons. The van der Waals surface area contributed by atoms with Crippen LogP contribution in [0.5, 0.6) is 0 Å². The van der Waals surface area contributed by atoms with Crippen molar-refractivity contribution in [1.82, 2.24) is 15.2 Å². The molecule has 1 aliphatic heterocycles. The molecular formula is C34H45N3O5. The Morgan fingerprint density at radius 3 is 2.19 bits per heavy atom. The number of piperidine rings is 1. The van der Waals surface area contributed by atoms with Crippen molar-refractivity contribution in [3.05, 3.63) is 66.0 Å². The molecular weight excluding hydrogens is 530 g/mol. The van der Waals surface area contributed by atoms with E-state index in [0.29, 0.717) is 24.3 Å². The summed E-state index contributed by atoms with van der Waals surface area (Å²) in [5.41, 5.74) is 1.38. The smallest absolute Gasteiger partial charge is 0.224 e. The predicted octanol–water partition coefficient (Wildman–Crippen LogP) is 4.51. The van der Waals surface area contributed by atoms with E-state index in [0.717, 1.165) is 31.5 Å². The minimum absolute atomic E-state index is 0.0233. The van der Waals surface area contributed by atoms with Crippen molar-refractivity contribution < 1.29 is 24.0 Å². The average Bonchev–Trinajstić information content (AvgIpc) is 2.99. The third-order valence-electron chi connectivity index (χ3n) is 8.43. The molecule has 1 saturated heterocycles. The number of Topliss-reactive ketones (excluding diaryl/α,β-unsaturated/α-hetero) is 4. The van der Waals surface area contributed by atoms with Crippen LogP contribution in [-0.2, 0) is 25.6 Å². The van der Waals surface area contributed by atoms with E-state index in [9.17, 15) is 24.0 Å². The van der Waals surface area contributed by atoms with Crippen LogP contribution in [0, 0.1) is 23.7 Å². The maximum atomic E-state index is 13.4. The van der Waals surface area contributed by atoms with E-state index in [4.69, 9.17) is 0 Å². The second kappa shape index (κ2) is 16.2. The fourth-order valence-electron chi connectivity index (χ4n) is 5.49. The highest BCUT2D eigenvalue weighted by atomic mass is 16.2. The number of pyridine rings is 1. The summed E-state index contributed by atoms with van der Waals surface area (Å²) in [6.45, 7) is 7.27.